The maximum absolute atomic E-state index is 12.5. The maximum atomic E-state index is 12.5. The molecule has 2 amide bonds. The summed E-state index contributed by atoms with van der Waals surface area (Å²) in [5.74, 6) is 0.331. The second kappa shape index (κ2) is 8.52. The van der Waals surface area contributed by atoms with Gasteiger partial charge in [-0.1, -0.05) is 25.1 Å². The normalized spacial score (nSPS) is 11.1. The number of hydrogen-bond donors (Lipinski definition) is 1. The molecule has 2 aromatic heterocycles. The highest BCUT2D eigenvalue weighted by atomic mass is 16.2. The Hall–Kier alpha value is -3.41. The highest BCUT2D eigenvalue weighted by Gasteiger charge is 2.10. The van der Waals surface area contributed by atoms with Crippen molar-refractivity contribution < 1.29 is 9.59 Å². The van der Waals surface area contributed by atoms with E-state index in [1.54, 1.807) is 37.2 Å². The van der Waals surface area contributed by atoms with Gasteiger partial charge in [-0.2, -0.15) is 0 Å². The lowest BCUT2D eigenvalue weighted by molar-refractivity contribution is -0.125. The lowest BCUT2D eigenvalue weighted by atomic mass is 10.2. The molecule has 0 aliphatic rings. The number of fused-ring (bicyclic) bond motifs is 1. The van der Waals surface area contributed by atoms with Crippen LogP contribution in [0.15, 0.2) is 54.7 Å². The molecular weight excluding hydrogens is 352 g/mol. The molecule has 0 unspecified atom stereocenters. The number of carbonyl (C=O) groups is 2. The Morgan fingerprint density at radius 3 is 2.68 bits per heavy atom. The van der Waals surface area contributed by atoms with Crippen LogP contribution in [0, 0.1) is 0 Å². The summed E-state index contributed by atoms with van der Waals surface area (Å²) in [7, 11) is 3.79. The molecule has 1 N–H and O–H groups in total. The summed E-state index contributed by atoms with van der Waals surface area (Å²) in [5.41, 5.74) is 3.01. The molecule has 0 spiro atoms. The minimum Gasteiger partial charge on any atom is -0.346 e. The molecule has 0 radical (unpaired) electrons. The van der Waals surface area contributed by atoms with Crippen LogP contribution in [0.3, 0.4) is 0 Å². The first-order valence-electron chi connectivity index (χ1n) is 9.20. The van der Waals surface area contributed by atoms with E-state index >= 15 is 0 Å². The number of benzene rings is 1. The number of amides is 2. The molecule has 0 bridgehead atoms. The molecule has 0 aliphatic carbocycles. The average molecular weight is 376 g/mol. The number of rotatable bonds is 6. The van der Waals surface area contributed by atoms with Crippen LogP contribution >= 0.6 is 0 Å². The molecule has 0 aliphatic heterocycles. The lowest BCUT2D eigenvalue weighted by Gasteiger charge is -2.15. The van der Waals surface area contributed by atoms with Crippen molar-refractivity contribution in [3.8, 4) is 0 Å². The van der Waals surface area contributed by atoms with E-state index in [0.717, 1.165) is 22.2 Å². The number of anilines is 1. The Morgan fingerprint density at radius 1 is 1.21 bits per heavy atom. The van der Waals surface area contributed by atoms with Gasteiger partial charge in [0.25, 0.3) is 0 Å². The van der Waals surface area contributed by atoms with E-state index in [1.807, 2.05) is 25.2 Å². The van der Waals surface area contributed by atoms with Gasteiger partial charge < -0.3 is 14.8 Å². The van der Waals surface area contributed by atoms with Crippen LogP contribution in [-0.2, 0) is 23.2 Å². The zero-order chi connectivity index (χ0) is 20.1. The average Bonchev–Trinajstić information content (AvgIpc) is 3.02. The van der Waals surface area contributed by atoms with Crippen molar-refractivity contribution in [2.75, 3.05) is 12.4 Å². The van der Waals surface area contributed by atoms with Crippen LogP contribution < -0.4 is 5.32 Å². The molecule has 6 nitrogen and oxygen atoms in total. The molecule has 0 atom stereocenters. The largest absolute Gasteiger partial charge is 0.346 e. The summed E-state index contributed by atoms with van der Waals surface area (Å²) in [5, 5.41) is 3.86. The number of carbonyl (C=O) groups excluding carboxylic acids is 2. The Labute approximate surface area is 164 Å². The summed E-state index contributed by atoms with van der Waals surface area (Å²) in [6.45, 7) is 2.31. The van der Waals surface area contributed by atoms with E-state index in [9.17, 15) is 9.59 Å². The van der Waals surface area contributed by atoms with Gasteiger partial charge >= 0.3 is 0 Å². The van der Waals surface area contributed by atoms with E-state index in [0.29, 0.717) is 18.8 Å². The smallest absolute Gasteiger partial charge is 0.246 e. The summed E-state index contributed by atoms with van der Waals surface area (Å²) in [6, 6.07) is 13.8. The second-order valence-electron chi connectivity index (χ2n) is 6.66. The minimum atomic E-state index is -0.0892. The number of para-hydroxylation sites is 1. The zero-order valence-electron chi connectivity index (χ0n) is 16.3. The van der Waals surface area contributed by atoms with Gasteiger partial charge in [-0.15, -0.1) is 0 Å². The first kappa shape index (κ1) is 19.4. The third-order valence-electron chi connectivity index (χ3n) is 4.62. The molecule has 28 heavy (non-hydrogen) atoms. The molecule has 0 saturated carbocycles. The summed E-state index contributed by atoms with van der Waals surface area (Å²) < 4.78 is 2.11. The van der Waals surface area contributed by atoms with E-state index in [4.69, 9.17) is 0 Å². The van der Waals surface area contributed by atoms with Crippen molar-refractivity contribution in [2.24, 2.45) is 7.05 Å². The topological polar surface area (TPSA) is 67.2 Å². The molecule has 3 rings (SSSR count). The van der Waals surface area contributed by atoms with E-state index in [2.05, 4.69) is 33.1 Å². The van der Waals surface area contributed by atoms with Crippen LogP contribution in [-0.4, -0.2) is 33.3 Å². The lowest BCUT2D eigenvalue weighted by Crippen LogP contribution is -2.25. The van der Waals surface area contributed by atoms with Crippen LogP contribution in [0.5, 0.6) is 0 Å². The molecule has 144 valence electrons. The molecule has 1 aromatic carbocycles. The molecule has 3 aromatic rings. The molecule has 6 heteroatoms. The third kappa shape index (κ3) is 4.46. The standard InChI is InChI=1S/C22H24N4O2/c1-4-21(27)24-20-11-9-16(14-23-20)10-12-22(28)25(2)15-18-13-17-7-5-6-8-19(17)26(18)3/h5-14H,4,15H2,1-3H3,(H,23,24,27). The summed E-state index contributed by atoms with van der Waals surface area (Å²) in [6.07, 6.45) is 5.28. The van der Waals surface area contributed by atoms with Gasteiger partial charge in [0, 0.05) is 44.0 Å². The minimum absolute atomic E-state index is 0.0825. The number of aryl methyl sites for hydroxylation is 1. The van der Waals surface area contributed by atoms with Crippen molar-refractivity contribution in [1.29, 1.82) is 0 Å². The number of aromatic nitrogens is 2. The maximum Gasteiger partial charge on any atom is 0.246 e. The Kier molecular flexibility index (Phi) is 5.89. The van der Waals surface area contributed by atoms with Gasteiger partial charge in [-0.25, -0.2) is 4.98 Å². The van der Waals surface area contributed by atoms with Gasteiger partial charge in [0.15, 0.2) is 0 Å². The molecule has 0 fully saturated rings. The van der Waals surface area contributed by atoms with E-state index < -0.39 is 0 Å². The first-order valence-corrected chi connectivity index (χ1v) is 9.20. The van der Waals surface area contributed by atoms with Crippen molar-refractivity contribution in [3.05, 3.63) is 66.0 Å². The number of likely N-dealkylation sites (N-methyl/N-ethyl adjacent to an activating group) is 1. The SMILES string of the molecule is CCC(=O)Nc1ccc(C=CC(=O)N(C)Cc2cc3ccccc3n2C)cn1. The van der Waals surface area contributed by atoms with E-state index in [-0.39, 0.29) is 11.8 Å². The van der Waals surface area contributed by atoms with Gasteiger partial charge in [0.1, 0.15) is 5.82 Å². The quantitative estimate of drug-likeness (QED) is 0.669. The van der Waals surface area contributed by atoms with Gasteiger partial charge in [0.2, 0.25) is 11.8 Å². The highest BCUT2D eigenvalue weighted by Crippen LogP contribution is 2.19. The van der Waals surface area contributed by atoms with Gasteiger partial charge in [-0.3, -0.25) is 9.59 Å². The highest BCUT2D eigenvalue weighted by molar-refractivity contribution is 5.92. The van der Waals surface area contributed by atoms with Crippen molar-refractivity contribution in [3.63, 3.8) is 0 Å². The first-order chi connectivity index (χ1) is 13.5. The molecule has 0 saturated heterocycles. The van der Waals surface area contributed by atoms with Crippen LogP contribution in [0.25, 0.3) is 17.0 Å². The fourth-order valence-corrected chi connectivity index (χ4v) is 2.92. The van der Waals surface area contributed by atoms with E-state index in [1.165, 1.54) is 6.08 Å². The Morgan fingerprint density at radius 2 is 2.00 bits per heavy atom. The summed E-state index contributed by atoms with van der Waals surface area (Å²) in [4.78, 5) is 29.7. The number of nitrogens with one attached hydrogen (secondary N) is 1. The Balaban J connectivity index is 1.63. The summed E-state index contributed by atoms with van der Waals surface area (Å²) >= 11 is 0. The second-order valence-corrected chi connectivity index (χ2v) is 6.66. The van der Waals surface area contributed by atoms with Crippen molar-refractivity contribution in [1.82, 2.24) is 14.5 Å². The predicted molar refractivity (Wildman–Crippen MR) is 112 cm³/mol. The third-order valence-corrected chi connectivity index (χ3v) is 4.62. The van der Waals surface area contributed by atoms with Crippen molar-refractivity contribution >= 4 is 34.6 Å². The number of nitrogens with zero attached hydrogens (tertiary/aromatic N) is 3. The van der Waals surface area contributed by atoms with Crippen LogP contribution in [0.1, 0.15) is 24.6 Å². The van der Waals surface area contributed by atoms with Crippen LogP contribution in [0.4, 0.5) is 5.82 Å². The number of pyridine rings is 1. The molecule has 2 heterocycles. The fraction of sp³-hybridized carbons (Fsp3) is 0.227. The Bertz CT molecular complexity index is 1020. The number of hydrogen-bond acceptors (Lipinski definition) is 3. The zero-order valence-corrected chi connectivity index (χ0v) is 16.3. The fourth-order valence-electron chi connectivity index (χ4n) is 2.92. The monoisotopic (exact) mass is 376 g/mol. The van der Waals surface area contributed by atoms with Crippen LogP contribution in [0.2, 0.25) is 0 Å². The van der Waals surface area contributed by atoms with Crippen molar-refractivity contribution in [2.45, 2.75) is 19.9 Å². The van der Waals surface area contributed by atoms with Gasteiger partial charge in [0.05, 0.1) is 6.54 Å². The molecular formula is C22H24N4O2. The van der Waals surface area contributed by atoms with Gasteiger partial charge in [-0.05, 0) is 41.3 Å². The predicted octanol–water partition coefficient (Wildman–Crippen LogP) is 3.59.